The number of rotatable bonds is 9. The maximum Gasteiger partial charge on any atom is 0.314 e. The van der Waals surface area contributed by atoms with Crippen molar-refractivity contribution in [2.75, 3.05) is 0 Å². The average molecular weight is 274 g/mol. The molecule has 0 heterocycles. The van der Waals surface area contributed by atoms with Gasteiger partial charge in [0.05, 0.1) is 5.92 Å². The molecule has 0 aromatic heterocycles. The molecule has 1 aromatic rings. The summed E-state index contributed by atoms with van der Waals surface area (Å²) in [6, 6.07) is 9.23. The van der Waals surface area contributed by atoms with Crippen molar-refractivity contribution >= 4 is 5.97 Å². The summed E-state index contributed by atoms with van der Waals surface area (Å²) in [4.78, 5) is 11.9. The fourth-order valence-electron chi connectivity index (χ4n) is 1.91. The highest BCUT2D eigenvalue weighted by atomic mass is 16.5. The minimum Gasteiger partial charge on any atom is -0.426 e. The SMILES string of the molecule is CCCCCC/C=C\CC(C)C(=O)Oc1ccccc1. The van der Waals surface area contributed by atoms with Crippen molar-refractivity contribution in [2.45, 2.75) is 52.4 Å². The van der Waals surface area contributed by atoms with Crippen LogP contribution in [0.2, 0.25) is 0 Å². The predicted octanol–water partition coefficient (Wildman–Crippen LogP) is 5.14. The fraction of sp³-hybridized carbons (Fsp3) is 0.500. The minimum absolute atomic E-state index is 0.0953. The lowest BCUT2D eigenvalue weighted by Crippen LogP contribution is -2.17. The first-order valence-corrected chi connectivity index (χ1v) is 7.65. The molecule has 0 amide bonds. The highest BCUT2D eigenvalue weighted by Gasteiger charge is 2.13. The normalized spacial score (nSPS) is 12.5. The van der Waals surface area contributed by atoms with Crippen molar-refractivity contribution in [3.63, 3.8) is 0 Å². The van der Waals surface area contributed by atoms with E-state index >= 15 is 0 Å². The lowest BCUT2D eigenvalue weighted by molar-refractivity contribution is -0.138. The number of benzene rings is 1. The Kier molecular flexibility index (Phi) is 8.44. The number of unbranched alkanes of at least 4 members (excludes halogenated alkanes) is 4. The van der Waals surface area contributed by atoms with Crippen molar-refractivity contribution in [2.24, 2.45) is 5.92 Å². The monoisotopic (exact) mass is 274 g/mol. The first-order valence-electron chi connectivity index (χ1n) is 7.65. The van der Waals surface area contributed by atoms with Crippen LogP contribution in [0.15, 0.2) is 42.5 Å². The van der Waals surface area contributed by atoms with E-state index in [4.69, 9.17) is 4.74 Å². The third kappa shape index (κ3) is 7.13. The van der Waals surface area contributed by atoms with Crippen LogP contribution in [0.4, 0.5) is 0 Å². The quantitative estimate of drug-likeness (QED) is 0.269. The average Bonchev–Trinajstić information content (AvgIpc) is 2.47. The van der Waals surface area contributed by atoms with Crippen LogP contribution in [0.25, 0.3) is 0 Å². The summed E-state index contributed by atoms with van der Waals surface area (Å²) in [5, 5.41) is 0. The third-order valence-corrected chi connectivity index (χ3v) is 3.24. The predicted molar refractivity (Wildman–Crippen MR) is 83.8 cm³/mol. The van der Waals surface area contributed by atoms with Crippen molar-refractivity contribution in [3.8, 4) is 5.75 Å². The molecular formula is C18H26O2. The van der Waals surface area contributed by atoms with E-state index in [1.54, 1.807) is 12.1 Å². The molecule has 0 aliphatic rings. The first kappa shape index (κ1) is 16.5. The van der Waals surface area contributed by atoms with E-state index in [-0.39, 0.29) is 11.9 Å². The van der Waals surface area contributed by atoms with E-state index in [9.17, 15) is 4.79 Å². The summed E-state index contributed by atoms with van der Waals surface area (Å²) in [6.07, 6.45) is 11.3. The molecule has 0 aliphatic heterocycles. The van der Waals surface area contributed by atoms with Gasteiger partial charge in [-0.15, -0.1) is 0 Å². The maximum atomic E-state index is 11.9. The maximum absolute atomic E-state index is 11.9. The van der Waals surface area contributed by atoms with Crippen LogP contribution in [0, 0.1) is 5.92 Å². The number of ether oxygens (including phenoxy) is 1. The van der Waals surface area contributed by atoms with E-state index in [0.717, 1.165) is 12.8 Å². The van der Waals surface area contributed by atoms with Crippen LogP contribution in [0.5, 0.6) is 5.75 Å². The molecule has 1 aromatic carbocycles. The molecule has 1 rings (SSSR count). The summed E-state index contributed by atoms with van der Waals surface area (Å²) < 4.78 is 5.31. The van der Waals surface area contributed by atoms with Crippen LogP contribution in [0.1, 0.15) is 52.4 Å². The topological polar surface area (TPSA) is 26.3 Å². The number of allylic oxidation sites excluding steroid dienone is 2. The third-order valence-electron chi connectivity index (χ3n) is 3.24. The van der Waals surface area contributed by atoms with E-state index in [2.05, 4.69) is 19.1 Å². The van der Waals surface area contributed by atoms with Crippen LogP contribution < -0.4 is 4.74 Å². The zero-order valence-electron chi connectivity index (χ0n) is 12.7. The molecule has 2 nitrogen and oxygen atoms in total. The molecule has 0 radical (unpaired) electrons. The van der Waals surface area contributed by atoms with Gasteiger partial charge in [-0.2, -0.15) is 0 Å². The van der Waals surface area contributed by atoms with Gasteiger partial charge >= 0.3 is 5.97 Å². The number of carbonyl (C=O) groups excluding carboxylic acids is 1. The second-order valence-corrected chi connectivity index (χ2v) is 5.19. The Hall–Kier alpha value is -1.57. The van der Waals surface area contributed by atoms with Gasteiger partial charge in [-0.3, -0.25) is 4.79 Å². The second-order valence-electron chi connectivity index (χ2n) is 5.19. The number of carbonyl (C=O) groups is 1. The smallest absolute Gasteiger partial charge is 0.314 e. The highest BCUT2D eigenvalue weighted by molar-refractivity contribution is 5.74. The molecule has 0 saturated carbocycles. The zero-order chi connectivity index (χ0) is 14.6. The van der Waals surface area contributed by atoms with Gasteiger partial charge in [0.25, 0.3) is 0 Å². The van der Waals surface area contributed by atoms with Gasteiger partial charge in [0.1, 0.15) is 5.75 Å². The Morgan fingerprint density at radius 2 is 1.90 bits per heavy atom. The lowest BCUT2D eigenvalue weighted by Gasteiger charge is -2.08. The lowest BCUT2D eigenvalue weighted by atomic mass is 10.1. The Bertz CT molecular complexity index is 395. The molecule has 0 spiro atoms. The van der Waals surface area contributed by atoms with Crippen LogP contribution in [0.3, 0.4) is 0 Å². The van der Waals surface area contributed by atoms with Gasteiger partial charge < -0.3 is 4.74 Å². The number of para-hydroxylation sites is 1. The Balaban J connectivity index is 2.20. The Morgan fingerprint density at radius 1 is 1.15 bits per heavy atom. The number of hydrogen-bond donors (Lipinski definition) is 0. The number of hydrogen-bond acceptors (Lipinski definition) is 2. The van der Waals surface area contributed by atoms with Gasteiger partial charge in [-0.1, -0.05) is 63.5 Å². The molecule has 0 saturated heterocycles. The Morgan fingerprint density at radius 3 is 2.60 bits per heavy atom. The number of esters is 1. The molecular weight excluding hydrogens is 248 g/mol. The molecule has 20 heavy (non-hydrogen) atoms. The molecule has 1 unspecified atom stereocenters. The summed E-state index contributed by atoms with van der Waals surface area (Å²) in [7, 11) is 0. The molecule has 0 aliphatic carbocycles. The van der Waals surface area contributed by atoms with Gasteiger partial charge in [0, 0.05) is 0 Å². The summed E-state index contributed by atoms with van der Waals surface area (Å²) in [5.41, 5.74) is 0. The van der Waals surface area contributed by atoms with Crippen LogP contribution >= 0.6 is 0 Å². The van der Waals surface area contributed by atoms with Gasteiger partial charge in [0.2, 0.25) is 0 Å². The summed E-state index contributed by atoms with van der Waals surface area (Å²) in [5.74, 6) is 0.363. The van der Waals surface area contributed by atoms with E-state index < -0.39 is 0 Å². The van der Waals surface area contributed by atoms with Crippen molar-refractivity contribution < 1.29 is 9.53 Å². The molecule has 110 valence electrons. The van der Waals surface area contributed by atoms with Crippen LogP contribution in [-0.4, -0.2) is 5.97 Å². The first-order chi connectivity index (χ1) is 9.74. The zero-order valence-corrected chi connectivity index (χ0v) is 12.7. The van der Waals surface area contributed by atoms with E-state index in [1.165, 1.54) is 25.7 Å². The minimum atomic E-state index is -0.160. The van der Waals surface area contributed by atoms with Gasteiger partial charge in [-0.05, 0) is 31.4 Å². The molecule has 0 fully saturated rings. The van der Waals surface area contributed by atoms with Crippen LogP contribution in [-0.2, 0) is 4.79 Å². The standard InChI is InChI=1S/C18H26O2/c1-3-4-5-6-7-8-10-13-16(2)18(19)20-17-14-11-9-12-15-17/h8-12,14-16H,3-7,13H2,1-2H3/b10-8-. The summed E-state index contributed by atoms with van der Waals surface area (Å²) in [6.45, 7) is 4.13. The fourth-order valence-corrected chi connectivity index (χ4v) is 1.91. The van der Waals surface area contributed by atoms with Crippen molar-refractivity contribution in [3.05, 3.63) is 42.5 Å². The largest absolute Gasteiger partial charge is 0.426 e. The van der Waals surface area contributed by atoms with Gasteiger partial charge in [0.15, 0.2) is 0 Å². The van der Waals surface area contributed by atoms with Crippen molar-refractivity contribution in [1.29, 1.82) is 0 Å². The summed E-state index contributed by atoms with van der Waals surface area (Å²) >= 11 is 0. The second kappa shape index (κ2) is 10.2. The molecule has 1 atom stereocenters. The van der Waals surface area contributed by atoms with E-state index in [0.29, 0.717) is 5.75 Å². The van der Waals surface area contributed by atoms with Gasteiger partial charge in [-0.25, -0.2) is 0 Å². The van der Waals surface area contributed by atoms with E-state index in [1.807, 2.05) is 25.1 Å². The highest BCUT2D eigenvalue weighted by Crippen LogP contribution is 2.13. The molecule has 2 heteroatoms. The molecule has 0 bridgehead atoms. The Labute approximate surface area is 122 Å². The van der Waals surface area contributed by atoms with Crippen molar-refractivity contribution in [1.82, 2.24) is 0 Å². The molecule has 0 N–H and O–H groups in total.